The number of hydrogen-bond acceptors (Lipinski definition) is 4. The summed E-state index contributed by atoms with van der Waals surface area (Å²) < 4.78 is 10.5. The zero-order chi connectivity index (χ0) is 15.7. The Balaban J connectivity index is 2.80. The lowest BCUT2D eigenvalue weighted by molar-refractivity contribution is -0.106. The first-order valence-electron chi connectivity index (χ1n) is 6.73. The number of nitrogens with zero attached hydrogens (tertiary/aromatic N) is 2. The summed E-state index contributed by atoms with van der Waals surface area (Å²) in [5.74, 6) is 0.215. The lowest BCUT2D eigenvalue weighted by Gasteiger charge is -2.24. The minimum absolute atomic E-state index is 0.0469. The summed E-state index contributed by atoms with van der Waals surface area (Å²) in [6.45, 7) is 1.33. The average molecular weight is 293 g/mol. The number of amides is 1. The standard InChI is InChI=1S/C15H23N3O3/c1-18(9-8-12(21-3)10-20-2)14-7-5-4-6-13(14)15(16)17-11-19/h4-7,11-12H,8-10H2,1-3H3,(H2,16,17,19). The lowest BCUT2D eigenvalue weighted by atomic mass is 10.1. The van der Waals surface area contributed by atoms with E-state index in [1.54, 1.807) is 14.2 Å². The molecule has 1 atom stereocenters. The molecule has 0 saturated carbocycles. The first-order chi connectivity index (χ1) is 10.1. The van der Waals surface area contributed by atoms with Crippen LogP contribution in [0.4, 0.5) is 5.69 Å². The molecule has 1 unspecified atom stereocenters. The molecular formula is C15H23N3O3. The van der Waals surface area contributed by atoms with Gasteiger partial charge in [-0.3, -0.25) is 4.79 Å². The second-order valence-corrected chi connectivity index (χ2v) is 4.66. The van der Waals surface area contributed by atoms with Crippen LogP contribution in [0.5, 0.6) is 0 Å². The van der Waals surface area contributed by atoms with Crippen LogP contribution in [0.25, 0.3) is 0 Å². The lowest BCUT2D eigenvalue weighted by Crippen LogP contribution is -2.28. The summed E-state index contributed by atoms with van der Waals surface area (Å²) in [6.07, 6.45) is 1.32. The zero-order valence-corrected chi connectivity index (χ0v) is 12.8. The van der Waals surface area contributed by atoms with E-state index in [1.807, 2.05) is 31.3 Å². The molecule has 0 spiro atoms. The first-order valence-corrected chi connectivity index (χ1v) is 6.73. The van der Waals surface area contributed by atoms with Gasteiger partial charge in [0.2, 0.25) is 6.41 Å². The largest absolute Gasteiger partial charge is 0.383 e. The molecular weight excluding hydrogens is 270 g/mol. The van der Waals surface area contributed by atoms with E-state index in [9.17, 15) is 4.79 Å². The van der Waals surface area contributed by atoms with Gasteiger partial charge in [0.05, 0.1) is 12.7 Å². The summed E-state index contributed by atoms with van der Waals surface area (Å²) in [7, 11) is 5.29. The smallest absolute Gasteiger partial charge is 0.234 e. The number of anilines is 1. The predicted octanol–water partition coefficient (Wildman–Crippen LogP) is 1.04. The molecule has 1 rings (SSSR count). The monoisotopic (exact) mass is 293 g/mol. The van der Waals surface area contributed by atoms with E-state index in [0.717, 1.165) is 24.2 Å². The molecule has 0 fully saturated rings. The number of carbonyl (C=O) groups excluding carboxylic acids is 1. The fraction of sp³-hybridized carbons (Fsp3) is 0.467. The molecule has 0 aliphatic rings. The molecule has 0 aliphatic heterocycles. The van der Waals surface area contributed by atoms with Crippen LogP contribution in [0.15, 0.2) is 29.3 Å². The summed E-state index contributed by atoms with van der Waals surface area (Å²) in [5.41, 5.74) is 7.49. The number of methoxy groups -OCH3 is 2. The van der Waals surface area contributed by atoms with E-state index in [0.29, 0.717) is 13.0 Å². The number of amidine groups is 1. The molecule has 1 aromatic carbocycles. The number of aliphatic imine (C=N–C) groups is 1. The van der Waals surface area contributed by atoms with Crippen molar-refractivity contribution in [3.05, 3.63) is 29.8 Å². The van der Waals surface area contributed by atoms with Crippen LogP contribution < -0.4 is 10.6 Å². The van der Waals surface area contributed by atoms with E-state index in [1.165, 1.54) is 0 Å². The third kappa shape index (κ3) is 5.17. The molecule has 0 aromatic heterocycles. The van der Waals surface area contributed by atoms with Gasteiger partial charge < -0.3 is 20.1 Å². The maximum Gasteiger partial charge on any atom is 0.234 e. The van der Waals surface area contributed by atoms with Gasteiger partial charge in [0, 0.05) is 39.1 Å². The van der Waals surface area contributed by atoms with Crippen molar-refractivity contribution >= 4 is 17.9 Å². The number of hydrogen-bond donors (Lipinski definition) is 1. The molecule has 0 bridgehead atoms. The fourth-order valence-corrected chi connectivity index (χ4v) is 2.06. The van der Waals surface area contributed by atoms with Crippen LogP contribution >= 0.6 is 0 Å². The highest BCUT2D eigenvalue weighted by molar-refractivity contribution is 6.05. The summed E-state index contributed by atoms with van der Waals surface area (Å²) in [5, 5.41) is 0. The van der Waals surface area contributed by atoms with Crippen molar-refractivity contribution in [3.63, 3.8) is 0 Å². The van der Waals surface area contributed by atoms with Crippen molar-refractivity contribution in [3.8, 4) is 0 Å². The predicted molar refractivity (Wildman–Crippen MR) is 83.8 cm³/mol. The normalized spacial score (nSPS) is 13.0. The van der Waals surface area contributed by atoms with E-state index >= 15 is 0 Å². The molecule has 116 valence electrons. The van der Waals surface area contributed by atoms with E-state index < -0.39 is 0 Å². The van der Waals surface area contributed by atoms with Crippen molar-refractivity contribution in [2.24, 2.45) is 10.7 Å². The Bertz CT molecular complexity index is 477. The number of benzene rings is 1. The van der Waals surface area contributed by atoms with Crippen LogP contribution in [-0.2, 0) is 14.3 Å². The van der Waals surface area contributed by atoms with Crippen LogP contribution in [0.2, 0.25) is 0 Å². The topological polar surface area (TPSA) is 77.2 Å². The van der Waals surface area contributed by atoms with Crippen molar-refractivity contribution in [1.29, 1.82) is 0 Å². The fourth-order valence-electron chi connectivity index (χ4n) is 2.06. The van der Waals surface area contributed by atoms with Gasteiger partial charge in [-0.1, -0.05) is 12.1 Å². The van der Waals surface area contributed by atoms with Gasteiger partial charge in [-0.05, 0) is 18.6 Å². The second-order valence-electron chi connectivity index (χ2n) is 4.66. The minimum atomic E-state index is 0.0469. The Hall–Kier alpha value is -1.92. The van der Waals surface area contributed by atoms with Crippen LogP contribution in [0, 0.1) is 0 Å². The van der Waals surface area contributed by atoms with Gasteiger partial charge in [0.15, 0.2) is 0 Å². The summed E-state index contributed by atoms with van der Waals surface area (Å²) in [4.78, 5) is 16.2. The third-order valence-corrected chi connectivity index (χ3v) is 3.26. The number of rotatable bonds is 9. The number of carbonyl (C=O) groups is 1. The van der Waals surface area contributed by atoms with Gasteiger partial charge in [0.25, 0.3) is 0 Å². The molecule has 1 amide bonds. The maximum absolute atomic E-state index is 10.5. The molecule has 0 saturated heterocycles. The van der Waals surface area contributed by atoms with Gasteiger partial charge in [-0.25, -0.2) is 0 Å². The highest BCUT2D eigenvalue weighted by Crippen LogP contribution is 2.19. The van der Waals surface area contributed by atoms with Gasteiger partial charge >= 0.3 is 0 Å². The highest BCUT2D eigenvalue weighted by Gasteiger charge is 2.13. The Labute approximate surface area is 125 Å². The van der Waals surface area contributed by atoms with E-state index in [2.05, 4.69) is 9.89 Å². The van der Waals surface area contributed by atoms with Crippen molar-refractivity contribution in [1.82, 2.24) is 0 Å². The van der Waals surface area contributed by atoms with Crippen molar-refractivity contribution in [2.45, 2.75) is 12.5 Å². The molecule has 1 aromatic rings. The highest BCUT2D eigenvalue weighted by atomic mass is 16.5. The molecule has 0 radical (unpaired) electrons. The summed E-state index contributed by atoms with van der Waals surface area (Å²) in [6, 6.07) is 7.58. The molecule has 2 N–H and O–H groups in total. The molecule has 0 aliphatic carbocycles. The number of ether oxygens (including phenoxy) is 2. The second kappa shape index (κ2) is 9.10. The van der Waals surface area contributed by atoms with E-state index in [-0.39, 0.29) is 11.9 Å². The van der Waals surface area contributed by atoms with Gasteiger partial charge in [-0.2, -0.15) is 4.99 Å². The van der Waals surface area contributed by atoms with Gasteiger partial charge in [-0.15, -0.1) is 0 Å². The Morgan fingerprint density at radius 2 is 2.14 bits per heavy atom. The Morgan fingerprint density at radius 3 is 2.76 bits per heavy atom. The number of nitrogens with two attached hydrogens (primary N) is 1. The minimum Gasteiger partial charge on any atom is -0.383 e. The Kier molecular flexibility index (Phi) is 7.42. The Morgan fingerprint density at radius 1 is 1.43 bits per heavy atom. The zero-order valence-electron chi connectivity index (χ0n) is 12.8. The number of para-hydroxylation sites is 1. The quantitative estimate of drug-likeness (QED) is 0.418. The molecule has 6 heteroatoms. The molecule has 0 heterocycles. The van der Waals surface area contributed by atoms with E-state index in [4.69, 9.17) is 15.2 Å². The molecule has 21 heavy (non-hydrogen) atoms. The van der Waals surface area contributed by atoms with Gasteiger partial charge in [0.1, 0.15) is 5.84 Å². The van der Waals surface area contributed by atoms with Crippen LogP contribution in [0.1, 0.15) is 12.0 Å². The first kappa shape index (κ1) is 17.1. The third-order valence-electron chi connectivity index (χ3n) is 3.26. The maximum atomic E-state index is 10.5. The average Bonchev–Trinajstić information content (AvgIpc) is 2.51. The SMILES string of the molecule is COCC(CCN(C)c1ccccc1C(N)=NC=O)OC. The molecule has 6 nitrogen and oxygen atoms in total. The van der Waals surface area contributed by atoms with Crippen LogP contribution in [0.3, 0.4) is 0 Å². The summed E-state index contributed by atoms with van der Waals surface area (Å²) >= 11 is 0. The van der Waals surface area contributed by atoms with Crippen LogP contribution in [-0.4, -0.2) is 52.8 Å². The van der Waals surface area contributed by atoms with Crippen molar-refractivity contribution in [2.75, 3.05) is 39.3 Å². The van der Waals surface area contributed by atoms with Crippen molar-refractivity contribution < 1.29 is 14.3 Å².